The van der Waals surface area contributed by atoms with Crippen LogP contribution < -0.4 is 9.80 Å². The van der Waals surface area contributed by atoms with Crippen LogP contribution in [0.2, 0.25) is 0 Å². The second kappa shape index (κ2) is 13.4. The summed E-state index contributed by atoms with van der Waals surface area (Å²) in [5.74, 6) is 0.501. The van der Waals surface area contributed by atoms with Gasteiger partial charge in [0.05, 0.1) is 11.4 Å². The monoisotopic (exact) mass is 776 g/mol. The number of fused-ring (bicyclic) bond motifs is 10. The molecular weight excluding hydrogens is 725 g/mol. The number of allylic oxidation sites excluding steroid dienone is 4. The Morgan fingerprint density at radius 3 is 1.92 bits per heavy atom. The van der Waals surface area contributed by atoms with Crippen LogP contribution >= 0.6 is 0 Å². The normalized spacial score (nSPS) is 20.0. The van der Waals surface area contributed by atoms with Crippen molar-refractivity contribution in [2.75, 3.05) is 16.3 Å². The predicted molar refractivity (Wildman–Crippen MR) is 254 cm³/mol. The zero-order chi connectivity index (χ0) is 40.2. The third kappa shape index (κ3) is 5.32. The number of anilines is 4. The lowest BCUT2D eigenvalue weighted by molar-refractivity contribution is 0.534. The number of hydrogen-bond acceptors (Lipinski definition) is 2. The summed E-state index contributed by atoms with van der Waals surface area (Å²) in [6, 6.07) is 48.3. The molecule has 1 saturated carbocycles. The highest BCUT2D eigenvalue weighted by molar-refractivity contribution is 5.95. The molecule has 1 unspecified atom stereocenters. The lowest BCUT2D eigenvalue weighted by Crippen LogP contribution is -2.33. The average Bonchev–Trinajstić information content (AvgIpc) is 3.89. The summed E-state index contributed by atoms with van der Waals surface area (Å²) in [7, 11) is 0. The average molecular weight is 777 g/mol. The van der Waals surface area contributed by atoms with Crippen molar-refractivity contribution in [1.29, 1.82) is 0 Å². The highest BCUT2D eigenvalue weighted by Crippen LogP contribution is 2.60. The summed E-state index contributed by atoms with van der Waals surface area (Å²) < 4.78 is 0. The summed E-state index contributed by atoms with van der Waals surface area (Å²) in [5, 5.41) is 0. The first-order valence-electron chi connectivity index (χ1n) is 22.5. The molecule has 0 N–H and O–H groups in total. The molecule has 12 rings (SSSR count). The van der Waals surface area contributed by atoms with Gasteiger partial charge in [-0.1, -0.05) is 155 Å². The lowest BCUT2D eigenvalue weighted by Gasteiger charge is -2.39. The van der Waals surface area contributed by atoms with Gasteiger partial charge >= 0.3 is 0 Å². The highest BCUT2D eigenvalue weighted by Gasteiger charge is 2.48. The highest BCUT2D eigenvalue weighted by atomic mass is 15.2. The first-order chi connectivity index (χ1) is 29.4. The van der Waals surface area contributed by atoms with E-state index in [-0.39, 0.29) is 10.8 Å². The molecule has 1 atom stereocenters. The van der Waals surface area contributed by atoms with E-state index in [1.54, 1.807) is 16.7 Å². The molecule has 6 aromatic carbocycles. The van der Waals surface area contributed by atoms with Gasteiger partial charge in [-0.15, -0.1) is 0 Å². The van der Waals surface area contributed by atoms with E-state index in [0.717, 1.165) is 13.0 Å². The number of benzene rings is 6. The zero-order valence-corrected chi connectivity index (χ0v) is 35.1. The second-order valence-corrected chi connectivity index (χ2v) is 18.8. The molecule has 60 heavy (non-hydrogen) atoms. The van der Waals surface area contributed by atoms with Crippen LogP contribution in [0.15, 0.2) is 145 Å². The van der Waals surface area contributed by atoms with Gasteiger partial charge in [0.1, 0.15) is 0 Å². The molecule has 2 nitrogen and oxygen atoms in total. The molecule has 2 aliphatic heterocycles. The number of aryl methyl sites for hydroxylation is 1. The summed E-state index contributed by atoms with van der Waals surface area (Å²) >= 11 is 0. The van der Waals surface area contributed by atoms with Crippen LogP contribution in [0.5, 0.6) is 0 Å². The smallest absolute Gasteiger partial charge is 0.0534 e. The van der Waals surface area contributed by atoms with Crippen LogP contribution in [0, 0.1) is 5.92 Å². The SMILES string of the molecule is CC1CC2=C(C=C1N1CCCc3ccccc31)C1(CCCC1)c1cc(C=Cc3ccc4c(c3)C(C)(C)c3cc(N5c6ccccc6C=Cc6ccccc65)ccc3-4)ccc12. The third-order valence-corrected chi connectivity index (χ3v) is 15.1. The molecule has 1 spiro atoms. The molecule has 2 heterocycles. The van der Waals surface area contributed by atoms with Gasteiger partial charge in [0, 0.05) is 40.4 Å². The second-order valence-electron chi connectivity index (χ2n) is 18.8. The third-order valence-electron chi connectivity index (χ3n) is 15.1. The van der Waals surface area contributed by atoms with Crippen molar-refractivity contribution in [1.82, 2.24) is 0 Å². The molecule has 0 bridgehead atoms. The fourth-order valence-electron chi connectivity index (χ4n) is 12.1. The van der Waals surface area contributed by atoms with Crippen molar-refractivity contribution in [3.63, 3.8) is 0 Å². The van der Waals surface area contributed by atoms with Gasteiger partial charge in [0.25, 0.3) is 0 Å². The number of hydrogen-bond donors (Lipinski definition) is 0. The van der Waals surface area contributed by atoms with E-state index >= 15 is 0 Å². The maximum Gasteiger partial charge on any atom is 0.0534 e. The van der Waals surface area contributed by atoms with Crippen molar-refractivity contribution in [2.24, 2.45) is 5.92 Å². The number of rotatable bonds is 4. The molecule has 1 fully saturated rings. The van der Waals surface area contributed by atoms with Crippen molar-refractivity contribution in [2.45, 2.75) is 76.5 Å². The standard InChI is InChI=1S/C58H52N2/c1-38-33-48-47-28-23-40(35-51(47)58(30-10-11-31-58)52(48)37-56(38)59-32-12-16-41-13-4-7-17-53(41)59)21-20-39-22-27-45-46-29-26-44(36-50(46)57(2,3)49(45)34-39)60-54-18-8-5-14-42(54)24-25-43-15-6-9-19-55(43)60/h4-9,13-15,17-29,34-38H,10-12,16,30-33H2,1-3H3. The van der Waals surface area contributed by atoms with Crippen molar-refractivity contribution >= 4 is 52.6 Å². The molecule has 6 aromatic rings. The number of nitrogens with zero attached hydrogens (tertiary/aromatic N) is 2. The number of para-hydroxylation sites is 3. The minimum atomic E-state index is -0.138. The summed E-state index contributed by atoms with van der Waals surface area (Å²) in [6.07, 6.45) is 20.6. The van der Waals surface area contributed by atoms with Gasteiger partial charge in [-0.25, -0.2) is 0 Å². The molecule has 4 aliphatic carbocycles. The van der Waals surface area contributed by atoms with Gasteiger partial charge in [-0.3, -0.25) is 0 Å². The van der Waals surface area contributed by atoms with Gasteiger partial charge in [-0.05, 0) is 141 Å². The summed E-state index contributed by atoms with van der Waals surface area (Å²) in [4.78, 5) is 5.12. The van der Waals surface area contributed by atoms with E-state index in [0.29, 0.717) is 5.92 Å². The van der Waals surface area contributed by atoms with E-state index in [9.17, 15) is 0 Å². The maximum absolute atomic E-state index is 2.67. The molecule has 0 amide bonds. The molecule has 2 heteroatoms. The van der Waals surface area contributed by atoms with Crippen LogP contribution in [0.3, 0.4) is 0 Å². The Morgan fingerprint density at radius 1 is 0.600 bits per heavy atom. The Bertz CT molecular complexity index is 2840. The Balaban J connectivity index is 0.857. The first kappa shape index (κ1) is 35.8. The zero-order valence-electron chi connectivity index (χ0n) is 35.1. The maximum atomic E-state index is 2.67. The molecule has 0 radical (unpaired) electrons. The van der Waals surface area contributed by atoms with E-state index in [1.165, 1.54) is 123 Å². The quantitative estimate of drug-likeness (QED) is 0.164. The Morgan fingerprint density at radius 2 is 1.20 bits per heavy atom. The van der Waals surface area contributed by atoms with Gasteiger partial charge in [-0.2, -0.15) is 0 Å². The van der Waals surface area contributed by atoms with Gasteiger partial charge in [0.2, 0.25) is 0 Å². The first-order valence-corrected chi connectivity index (χ1v) is 22.5. The van der Waals surface area contributed by atoms with Gasteiger partial charge in [0.15, 0.2) is 0 Å². The topological polar surface area (TPSA) is 6.48 Å². The Kier molecular flexibility index (Phi) is 8.02. The van der Waals surface area contributed by atoms with E-state index in [4.69, 9.17) is 0 Å². The lowest BCUT2D eigenvalue weighted by atomic mass is 9.73. The fourth-order valence-corrected chi connectivity index (χ4v) is 12.1. The molecular formula is C58H52N2. The molecule has 0 saturated heterocycles. The fraction of sp³-hybridized carbons (Fsp3) is 0.241. The van der Waals surface area contributed by atoms with Crippen LogP contribution in [0.4, 0.5) is 22.7 Å². The van der Waals surface area contributed by atoms with Crippen molar-refractivity contribution in [3.8, 4) is 11.1 Å². The summed E-state index contributed by atoms with van der Waals surface area (Å²) in [5.41, 5.74) is 25.0. The van der Waals surface area contributed by atoms with Crippen LogP contribution in [0.25, 0.3) is 41.0 Å². The van der Waals surface area contributed by atoms with E-state index in [2.05, 4.69) is 188 Å². The molecule has 0 aromatic heterocycles. The minimum Gasteiger partial charge on any atom is -0.345 e. The van der Waals surface area contributed by atoms with E-state index < -0.39 is 0 Å². The minimum absolute atomic E-state index is 0.138. The van der Waals surface area contributed by atoms with Gasteiger partial charge < -0.3 is 9.80 Å². The van der Waals surface area contributed by atoms with E-state index in [1.807, 2.05) is 0 Å². The van der Waals surface area contributed by atoms with Crippen LogP contribution in [0.1, 0.15) is 109 Å². The summed E-state index contributed by atoms with van der Waals surface area (Å²) in [6.45, 7) is 8.40. The predicted octanol–water partition coefficient (Wildman–Crippen LogP) is 15.1. The van der Waals surface area contributed by atoms with Crippen molar-refractivity contribution < 1.29 is 0 Å². The molecule has 294 valence electrons. The Labute approximate surface area is 355 Å². The van der Waals surface area contributed by atoms with Crippen LogP contribution in [-0.4, -0.2) is 6.54 Å². The largest absolute Gasteiger partial charge is 0.345 e. The van der Waals surface area contributed by atoms with Crippen LogP contribution in [-0.2, 0) is 17.3 Å². The Hall–Kier alpha value is -6.12. The molecule has 6 aliphatic rings. The van der Waals surface area contributed by atoms with Crippen molar-refractivity contribution in [3.05, 3.63) is 195 Å².